The highest BCUT2D eigenvalue weighted by Crippen LogP contribution is 2.40. The SMILES string of the molecule is CO[C@]1(C)C[C@@H](C)C(=O)[C@H](C)[C@H]2NC(=O)O[C@]2(C)[C@@H](CCNC(=O)Cc2cccc(-c3ccco3)c2)OC(=O)[C@H](C)C(=O)[C@H](C)[C@H]1OC1OC(C)CC(N(C)C)C1OC(=O)c1ccccc1. The van der Waals surface area contributed by atoms with E-state index in [4.69, 9.17) is 32.8 Å². The number of rotatable bonds is 12. The number of benzene rings is 2. The highest BCUT2D eigenvalue weighted by atomic mass is 16.7. The number of esters is 2. The second-order valence-electron chi connectivity index (χ2n) is 18.7. The van der Waals surface area contributed by atoms with Gasteiger partial charge in [0.1, 0.15) is 23.6 Å². The molecule has 3 saturated heterocycles. The number of alkyl carbamates (subject to hydrolysis) is 1. The van der Waals surface area contributed by atoms with Gasteiger partial charge < -0.3 is 48.4 Å². The molecule has 66 heavy (non-hydrogen) atoms. The fourth-order valence-corrected chi connectivity index (χ4v) is 9.79. The average molecular weight is 916 g/mol. The summed E-state index contributed by atoms with van der Waals surface area (Å²) in [6.45, 7) is 11.7. The van der Waals surface area contributed by atoms with Crippen LogP contribution < -0.4 is 10.6 Å². The minimum absolute atomic E-state index is 0.00213. The van der Waals surface area contributed by atoms with Crippen molar-refractivity contribution >= 4 is 35.5 Å². The number of likely N-dealkylation sites (N-methyl/N-ethyl adjacent to an activating group) is 1. The molecule has 358 valence electrons. The summed E-state index contributed by atoms with van der Waals surface area (Å²) in [6, 6.07) is 18.2. The number of hydrogen-bond acceptors (Lipinski definition) is 14. The number of nitrogens with one attached hydrogen (secondary N) is 2. The number of Topliss-reactive ketones (excluding diaryl/α,β-unsaturated/α-hetero) is 2. The predicted octanol–water partition coefficient (Wildman–Crippen LogP) is 5.94. The Morgan fingerprint density at radius 3 is 2.30 bits per heavy atom. The van der Waals surface area contributed by atoms with Crippen LogP contribution in [0.3, 0.4) is 0 Å². The molecule has 4 heterocycles. The van der Waals surface area contributed by atoms with Gasteiger partial charge in [-0.15, -0.1) is 0 Å². The average Bonchev–Trinajstić information content (AvgIpc) is 3.95. The zero-order valence-electron chi connectivity index (χ0n) is 39.6. The van der Waals surface area contributed by atoms with Crippen molar-refractivity contribution in [2.24, 2.45) is 23.7 Å². The van der Waals surface area contributed by atoms with Crippen molar-refractivity contribution in [1.82, 2.24) is 15.5 Å². The summed E-state index contributed by atoms with van der Waals surface area (Å²) in [5.74, 6) is -6.03. The Bertz CT molecular complexity index is 2200. The van der Waals surface area contributed by atoms with Gasteiger partial charge in [-0.2, -0.15) is 0 Å². The quantitative estimate of drug-likeness (QED) is 0.123. The number of fused-ring (bicyclic) bond motifs is 1. The van der Waals surface area contributed by atoms with Crippen LogP contribution in [0.25, 0.3) is 11.3 Å². The Labute approximate surface area is 386 Å². The number of ketones is 2. The number of cyclic esters (lactones) is 1. The van der Waals surface area contributed by atoms with Gasteiger partial charge in [-0.3, -0.25) is 19.2 Å². The second-order valence-corrected chi connectivity index (χ2v) is 18.7. The van der Waals surface area contributed by atoms with Crippen LogP contribution in [0, 0.1) is 23.7 Å². The lowest BCUT2D eigenvalue weighted by atomic mass is 9.73. The summed E-state index contributed by atoms with van der Waals surface area (Å²) in [4.78, 5) is 85.5. The normalized spacial score (nSPS) is 33.2. The fourth-order valence-electron chi connectivity index (χ4n) is 9.79. The van der Waals surface area contributed by atoms with Gasteiger partial charge >= 0.3 is 18.0 Å². The molecule has 13 atom stereocenters. The van der Waals surface area contributed by atoms with Crippen molar-refractivity contribution in [1.29, 1.82) is 0 Å². The van der Waals surface area contributed by atoms with Gasteiger partial charge in [-0.25, -0.2) is 9.59 Å². The third-order valence-corrected chi connectivity index (χ3v) is 13.6. The molecule has 6 rings (SSSR count). The summed E-state index contributed by atoms with van der Waals surface area (Å²) in [7, 11) is 5.19. The molecule has 3 aliphatic heterocycles. The van der Waals surface area contributed by atoms with Crippen LogP contribution >= 0.6 is 0 Å². The first-order valence-electron chi connectivity index (χ1n) is 22.7. The Kier molecular flexibility index (Phi) is 15.9. The molecule has 1 aromatic heterocycles. The van der Waals surface area contributed by atoms with Crippen molar-refractivity contribution < 1.29 is 61.6 Å². The van der Waals surface area contributed by atoms with Crippen molar-refractivity contribution in [2.45, 2.75) is 128 Å². The number of amides is 2. The Morgan fingerprint density at radius 1 is 0.909 bits per heavy atom. The van der Waals surface area contributed by atoms with Gasteiger partial charge in [0.2, 0.25) is 5.91 Å². The van der Waals surface area contributed by atoms with Gasteiger partial charge in [0.25, 0.3) is 0 Å². The van der Waals surface area contributed by atoms with Crippen molar-refractivity contribution in [2.75, 3.05) is 27.7 Å². The number of hydrogen-bond donors (Lipinski definition) is 2. The lowest BCUT2D eigenvalue weighted by Crippen LogP contribution is -2.61. The van der Waals surface area contributed by atoms with Gasteiger partial charge in [0.05, 0.1) is 48.1 Å². The molecule has 0 aliphatic carbocycles. The molecule has 16 nitrogen and oxygen atoms in total. The molecule has 2 amide bonds. The number of methoxy groups -OCH3 is 1. The zero-order valence-corrected chi connectivity index (χ0v) is 39.6. The van der Waals surface area contributed by atoms with Gasteiger partial charge in [0, 0.05) is 43.4 Å². The molecule has 2 aromatic carbocycles. The standard InChI is InChI=1S/C50H65N3O13/c1-28-27-49(6,60-10)44(65-47-42(36(53(8)9)24-29(2)62-47)64-46(58)34-17-12-11-13-18-34)31(4)41(56)32(5)45(57)63-38(50(7)43(30(3)40(28)55)52-48(59)66-50)21-22-51-39(54)26-33-16-14-19-35(25-33)37-20-15-23-61-37/h11-20,23,25,28-32,36,38,42-44,47H,21-22,24,26-27H2,1-10H3,(H,51,54)(H,52,59)/t28-,29?,30+,31+,32-,36?,38-,42?,43-,44-,47?,49-,50-/m1/s1. The van der Waals surface area contributed by atoms with Crippen LogP contribution in [0.15, 0.2) is 77.4 Å². The van der Waals surface area contributed by atoms with Gasteiger partial charge in [-0.1, -0.05) is 57.2 Å². The van der Waals surface area contributed by atoms with E-state index >= 15 is 0 Å². The van der Waals surface area contributed by atoms with Crippen LogP contribution in [-0.4, -0.2) is 122 Å². The lowest BCUT2D eigenvalue weighted by Gasteiger charge is -2.47. The highest BCUT2D eigenvalue weighted by Gasteiger charge is 2.58. The van der Waals surface area contributed by atoms with E-state index in [1.807, 2.05) is 56.3 Å². The molecule has 0 radical (unpaired) electrons. The maximum Gasteiger partial charge on any atom is 0.408 e. The first-order valence-corrected chi connectivity index (χ1v) is 22.7. The zero-order chi connectivity index (χ0) is 48.1. The monoisotopic (exact) mass is 915 g/mol. The lowest BCUT2D eigenvalue weighted by molar-refractivity contribution is -0.294. The van der Waals surface area contributed by atoms with E-state index in [2.05, 4.69) is 10.6 Å². The molecule has 3 fully saturated rings. The molecule has 4 unspecified atom stereocenters. The number of nitrogens with zero attached hydrogens (tertiary/aromatic N) is 1. The van der Waals surface area contributed by atoms with Gasteiger partial charge in [-0.05, 0) is 90.5 Å². The predicted molar refractivity (Wildman–Crippen MR) is 241 cm³/mol. The fraction of sp³-hybridized carbons (Fsp3) is 0.560. The summed E-state index contributed by atoms with van der Waals surface area (Å²) in [6.07, 6.45) is -3.61. The Morgan fingerprint density at radius 2 is 1.64 bits per heavy atom. The van der Waals surface area contributed by atoms with Crippen LogP contribution in [0.1, 0.15) is 83.7 Å². The van der Waals surface area contributed by atoms with Crippen molar-refractivity contribution in [3.8, 4) is 11.3 Å². The molecule has 0 spiro atoms. The largest absolute Gasteiger partial charge is 0.464 e. The summed E-state index contributed by atoms with van der Waals surface area (Å²) >= 11 is 0. The highest BCUT2D eigenvalue weighted by molar-refractivity contribution is 6.00. The smallest absolute Gasteiger partial charge is 0.408 e. The number of carbonyl (C=O) groups excluding carboxylic acids is 6. The minimum Gasteiger partial charge on any atom is -0.464 e. The summed E-state index contributed by atoms with van der Waals surface area (Å²) in [5, 5.41) is 5.68. The van der Waals surface area contributed by atoms with E-state index in [0.29, 0.717) is 17.7 Å². The van der Waals surface area contributed by atoms with Crippen LogP contribution in [0.5, 0.6) is 0 Å². The van der Waals surface area contributed by atoms with Crippen LogP contribution in [0.2, 0.25) is 0 Å². The maximum absolute atomic E-state index is 14.7. The Hall–Kier alpha value is -5.42. The van der Waals surface area contributed by atoms with E-state index < -0.39 is 89.3 Å². The van der Waals surface area contributed by atoms with E-state index in [-0.39, 0.29) is 49.6 Å². The van der Waals surface area contributed by atoms with Crippen LogP contribution in [0.4, 0.5) is 4.79 Å². The molecule has 16 heteroatoms. The first kappa shape index (κ1) is 50.0. The maximum atomic E-state index is 14.7. The number of furan rings is 1. The topological polar surface area (TPSA) is 198 Å². The minimum atomic E-state index is -1.59. The van der Waals surface area contributed by atoms with Crippen LogP contribution in [-0.2, 0) is 54.0 Å². The molecule has 3 aliphatic rings. The van der Waals surface area contributed by atoms with E-state index in [1.54, 1.807) is 77.3 Å². The first-order chi connectivity index (χ1) is 31.3. The third kappa shape index (κ3) is 11.0. The Balaban J connectivity index is 1.29. The molecule has 0 bridgehead atoms. The summed E-state index contributed by atoms with van der Waals surface area (Å²) < 4.78 is 43.3. The second kappa shape index (κ2) is 21.0. The number of ether oxygens (including phenoxy) is 6. The molecular weight excluding hydrogens is 851 g/mol. The van der Waals surface area contributed by atoms with Crippen molar-refractivity contribution in [3.63, 3.8) is 0 Å². The van der Waals surface area contributed by atoms with E-state index in [1.165, 1.54) is 14.0 Å². The molecular formula is C50H65N3O13. The van der Waals surface area contributed by atoms with E-state index in [9.17, 15) is 28.8 Å². The molecule has 3 aromatic rings. The third-order valence-electron chi connectivity index (χ3n) is 13.6. The molecule has 0 saturated carbocycles. The number of carbonyl (C=O) groups is 6. The van der Waals surface area contributed by atoms with Gasteiger partial charge in [0.15, 0.2) is 23.8 Å². The van der Waals surface area contributed by atoms with Crippen molar-refractivity contribution in [3.05, 3.63) is 84.1 Å². The molecule has 2 N–H and O–H groups in total. The van der Waals surface area contributed by atoms with E-state index in [0.717, 1.165) is 11.1 Å². The summed E-state index contributed by atoms with van der Waals surface area (Å²) in [5.41, 5.74) is -1.08.